The molecule has 3 aromatic rings. The maximum atomic E-state index is 13.0. The summed E-state index contributed by atoms with van der Waals surface area (Å²) in [6.45, 7) is 0.272. The third-order valence-electron chi connectivity index (χ3n) is 6.36. The van der Waals surface area contributed by atoms with Gasteiger partial charge in [0.2, 0.25) is 5.91 Å². The van der Waals surface area contributed by atoms with E-state index in [1.165, 1.54) is 19.2 Å². The van der Waals surface area contributed by atoms with Gasteiger partial charge in [0.15, 0.2) is 0 Å². The zero-order chi connectivity index (χ0) is 29.0. The van der Waals surface area contributed by atoms with Crippen LogP contribution in [0.25, 0.3) is 22.4 Å². The smallest absolute Gasteiger partial charge is 0.478 e. The molecule has 4 rings (SSSR count). The second-order valence-electron chi connectivity index (χ2n) is 8.82. The molecule has 10 nitrogen and oxygen atoms in total. The van der Waals surface area contributed by atoms with Gasteiger partial charge < -0.3 is 29.8 Å². The number of aromatic nitrogens is 2. The van der Waals surface area contributed by atoms with Crippen molar-refractivity contribution in [3.05, 3.63) is 60.0 Å². The van der Waals surface area contributed by atoms with Gasteiger partial charge >= 0.3 is 18.4 Å². The minimum absolute atomic E-state index is 0.0722. The van der Waals surface area contributed by atoms with Gasteiger partial charge in [-0.3, -0.25) is 4.79 Å². The number of carboxylic acids is 1. The van der Waals surface area contributed by atoms with Crippen LogP contribution >= 0.6 is 11.8 Å². The van der Waals surface area contributed by atoms with Gasteiger partial charge in [-0.2, -0.15) is 11.8 Å². The first-order valence-electron chi connectivity index (χ1n) is 11.9. The molecule has 0 saturated carbocycles. The lowest BCUT2D eigenvalue weighted by Crippen LogP contribution is -2.40. The highest BCUT2D eigenvalue weighted by molar-refractivity contribution is 7.99. The number of nitrogens with zero attached hydrogens (tertiary/aromatic N) is 2. The van der Waals surface area contributed by atoms with Gasteiger partial charge in [-0.15, -0.1) is 13.2 Å². The number of thioether (sulfide) groups is 1. The first kappa shape index (κ1) is 28.8. The lowest BCUT2D eigenvalue weighted by Gasteiger charge is -2.23. The number of hydrogen-bond donors (Lipinski definition) is 3. The standard InChI is InChI=1S/C26H25F3N4O6S/c1-38-25(37)31-12-22(34)33-13-17(40-2)10-20(33)23-30-11-19(32-23)15-5-3-14(4-6-15)18-8-7-16(24(35)36)9-21(18)39-26(27,28)29/h3-9,11,17,20H,10,12-13H2,1-2H3,(H,30,32)(H,31,37)(H,35,36). The number of alkyl halides is 3. The predicted octanol–water partition coefficient (Wildman–Crippen LogP) is 4.70. The average molecular weight is 579 g/mol. The molecule has 212 valence electrons. The van der Waals surface area contributed by atoms with Gasteiger partial charge in [0.05, 0.1) is 30.6 Å². The van der Waals surface area contributed by atoms with E-state index in [9.17, 15) is 27.6 Å². The van der Waals surface area contributed by atoms with Crippen LogP contribution in [0.2, 0.25) is 0 Å². The average Bonchev–Trinajstić information content (AvgIpc) is 3.58. The lowest BCUT2D eigenvalue weighted by molar-refractivity contribution is -0.274. The molecule has 1 fully saturated rings. The van der Waals surface area contributed by atoms with Crippen LogP contribution < -0.4 is 10.1 Å². The number of hydrogen-bond acceptors (Lipinski definition) is 7. The largest absolute Gasteiger partial charge is 0.573 e. The van der Waals surface area contributed by atoms with Crippen LogP contribution in [-0.4, -0.2) is 76.0 Å². The Hall–Kier alpha value is -4.20. The third-order valence-corrected chi connectivity index (χ3v) is 7.37. The van der Waals surface area contributed by atoms with Crippen molar-refractivity contribution in [2.75, 3.05) is 26.5 Å². The van der Waals surface area contributed by atoms with E-state index in [-0.39, 0.29) is 34.9 Å². The maximum Gasteiger partial charge on any atom is 0.573 e. The number of ether oxygens (including phenoxy) is 2. The summed E-state index contributed by atoms with van der Waals surface area (Å²) >= 11 is 1.63. The van der Waals surface area contributed by atoms with Gasteiger partial charge in [0.25, 0.3) is 0 Å². The van der Waals surface area contributed by atoms with Gasteiger partial charge in [-0.05, 0) is 42.0 Å². The number of carbonyl (C=O) groups excluding carboxylic acids is 2. The van der Waals surface area contributed by atoms with Crippen molar-refractivity contribution >= 4 is 29.7 Å². The van der Waals surface area contributed by atoms with Crippen LogP contribution in [0.5, 0.6) is 5.75 Å². The molecule has 2 atom stereocenters. The summed E-state index contributed by atoms with van der Waals surface area (Å²) < 4.78 is 47.5. The Bertz CT molecular complexity index is 1400. The number of aromatic carboxylic acids is 1. The minimum Gasteiger partial charge on any atom is -0.478 e. The summed E-state index contributed by atoms with van der Waals surface area (Å²) in [6, 6.07) is 9.48. The van der Waals surface area contributed by atoms with Crippen LogP contribution in [0, 0.1) is 0 Å². The van der Waals surface area contributed by atoms with Crippen LogP contribution in [0.15, 0.2) is 48.7 Å². The van der Waals surface area contributed by atoms with Crippen LogP contribution in [0.1, 0.15) is 28.6 Å². The number of imidazole rings is 1. The topological polar surface area (TPSA) is 134 Å². The highest BCUT2D eigenvalue weighted by Gasteiger charge is 2.37. The van der Waals surface area contributed by atoms with Crippen molar-refractivity contribution < 1.29 is 42.1 Å². The Labute approximate surface area is 230 Å². The van der Waals surface area contributed by atoms with E-state index in [4.69, 9.17) is 5.11 Å². The van der Waals surface area contributed by atoms with E-state index in [1.54, 1.807) is 47.1 Å². The number of benzene rings is 2. The molecule has 1 aliphatic rings. The highest BCUT2D eigenvalue weighted by atomic mass is 32.2. The second kappa shape index (κ2) is 11.9. The number of likely N-dealkylation sites (tertiary alicyclic amines) is 1. The quantitative estimate of drug-likeness (QED) is 0.350. The van der Waals surface area contributed by atoms with Crippen molar-refractivity contribution in [2.24, 2.45) is 0 Å². The number of H-pyrrole nitrogens is 1. The number of rotatable bonds is 8. The summed E-state index contributed by atoms with van der Waals surface area (Å²) in [5, 5.41) is 11.7. The summed E-state index contributed by atoms with van der Waals surface area (Å²) in [5.74, 6) is -1.72. The molecule has 40 heavy (non-hydrogen) atoms. The molecular formula is C26H25F3N4O6S. The van der Waals surface area contributed by atoms with Gasteiger partial charge in [-0.25, -0.2) is 14.6 Å². The van der Waals surface area contributed by atoms with E-state index in [0.717, 1.165) is 6.07 Å². The molecule has 2 heterocycles. The Morgan fingerprint density at radius 3 is 2.50 bits per heavy atom. The third kappa shape index (κ3) is 6.68. The fourth-order valence-electron chi connectivity index (χ4n) is 4.41. The zero-order valence-electron chi connectivity index (χ0n) is 21.3. The zero-order valence-corrected chi connectivity index (χ0v) is 22.1. The van der Waals surface area contributed by atoms with Crippen molar-refractivity contribution in [2.45, 2.75) is 24.1 Å². The highest BCUT2D eigenvalue weighted by Crippen LogP contribution is 2.38. The number of carbonyl (C=O) groups is 3. The summed E-state index contributed by atoms with van der Waals surface area (Å²) in [5.41, 5.74) is 1.43. The fourth-order valence-corrected chi connectivity index (χ4v) is 5.09. The Morgan fingerprint density at radius 1 is 1.18 bits per heavy atom. The van der Waals surface area contributed by atoms with Crippen LogP contribution in [0.3, 0.4) is 0 Å². The molecule has 3 N–H and O–H groups in total. The van der Waals surface area contributed by atoms with E-state index < -0.39 is 24.2 Å². The summed E-state index contributed by atoms with van der Waals surface area (Å²) in [7, 11) is 1.21. The molecule has 1 aliphatic heterocycles. The summed E-state index contributed by atoms with van der Waals surface area (Å²) in [6.07, 6.45) is -1.49. The maximum absolute atomic E-state index is 13.0. The van der Waals surface area contributed by atoms with E-state index in [2.05, 4.69) is 24.8 Å². The van der Waals surface area contributed by atoms with E-state index >= 15 is 0 Å². The van der Waals surface area contributed by atoms with Crippen molar-refractivity contribution in [3.63, 3.8) is 0 Å². The van der Waals surface area contributed by atoms with Crippen LogP contribution in [0.4, 0.5) is 18.0 Å². The number of alkyl carbamates (subject to hydrolysis) is 1. The Balaban J connectivity index is 1.56. The Kier molecular flexibility index (Phi) is 8.57. The molecule has 2 unspecified atom stereocenters. The minimum atomic E-state index is -5.00. The van der Waals surface area contributed by atoms with Crippen molar-refractivity contribution in [1.29, 1.82) is 0 Å². The molecule has 1 saturated heterocycles. The Morgan fingerprint density at radius 2 is 1.88 bits per heavy atom. The molecule has 2 aromatic carbocycles. The van der Waals surface area contributed by atoms with Gasteiger partial charge in [0.1, 0.15) is 18.1 Å². The number of carboxylic acid groups (broad SMARTS) is 1. The molecular weight excluding hydrogens is 553 g/mol. The number of halogens is 3. The van der Waals surface area contributed by atoms with Gasteiger partial charge in [0, 0.05) is 17.4 Å². The SMILES string of the molecule is COC(=O)NCC(=O)N1CC(SC)CC1c1ncc(-c2ccc(-c3ccc(C(=O)O)cc3OC(F)(F)F)cc2)[nH]1. The van der Waals surface area contributed by atoms with E-state index in [0.29, 0.717) is 35.6 Å². The summed E-state index contributed by atoms with van der Waals surface area (Å²) in [4.78, 5) is 44.8. The number of nitrogens with one attached hydrogen (secondary N) is 2. The monoisotopic (exact) mass is 578 g/mol. The second-order valence-corrected chi connectivity index (χ2v) is 9.96. The molecule has 0 bridgehead atoms. The molecule has 0 aliphatic carbocycles. The van der Waals surface area contributed by atoms with Crippen LogP contribution in [-0.2, 0) is 9.53 Å². The van der Waals surface area contributed by atoms with E-state index in [1.807, 2.05) is 6.26 Å². The molecule has 0 radical (unpaired) electrons. The molecule has 14 heteroatoms. The molecule has 1 aromatic heterocycles. The molecule has 0 spiro atoms. The number of methoxy groups -OCH3 is 1. The predicted molar refractivity (Wildman–Crippen MR) is 140 cm³/mol. The first-order valence-corrected chi connectivity index (χ1v) is 13.2. The fraction of sp³-hybridized carbons (Fsp3) is 0.308. The number of aromatic amines is 1. The van der Waals surface area contributed by atoms with Crippen molar-refractivity contribution in [3.8, 4) is 28.1 Å². The first-order chi connectivity index (χ1) is 19.0. The van der Waals surface area contributed by atoms with Crippen molar-refractivity contribution in [1.82, 2.24) is 20.2 Å². The molecule has 2 amide bonds. The normalized spacial score (nSPS) is 17.0. The number of amides is 2. The lowest BCUT2D eigenvalue weighted by atomic mass is 10.0. The van der Waals surface area contributed by atoms with Gasteiger partial charge in [-0.1, -0.05) is 24.3 Å².